The van der Waals surface area contributed by atoms with Gasteiger partial charge in [-0.25, -0.2) is 18.4 Å². The largest absolute Gasteiger partial charge is 0.339 e. The molecule has 2 aromatic heterocycles. The van der Waals surface area contributed by atoms with Crippen LogP contribution < -0.4 is 5.32 Å². The van der Waals surface area contributed by atoms with Gasteiger partial charge in [-0.3, -0.25) is 0 Å². The molecule has 3 aromatic rings. The van der Waals surface area contributed by atoms with Crippen molar-refractivity contribution in [1.29, 1.82) is 0 Å². The standard InChI is InChI=1S/C22H27N5O2S2/c1-26-14-22(24-15-26)31(28,29)27-12-17(16-7-3-2-4-8-16)19(13-27)23-11-21-25-18-9-5-6-10-20(18)30-21/h2-4,7-8,14-15,17,19,23H,5-6,9-13H2,1H3/t17-,19+/m1/s1. The Balaban J connectivity index is 1.37. The predicted molar refractivity (Wildman–Crippen MR) is 121 cm³/mol. The van der Waals surface area contributed by atoms with E-state index >= 15 is 0 Å². The van der Waals surface area contributed by atoms with Gasteiger partial charge < -0.3 is 9.88 Å². The first kappa shape index (κ1) is 20.8. The lowest BCUT2D eigenvalue weighted by Crippen LogP contribution is -2.36. The van der Waals surface area contributed by atoms with E-state index in [1.807, 2.05) is 18.2 Å². The lowest BCUT2D eigenvalue weighted by molar-refractivity contribution is 0.453. The summed E-state index contributed by atoms with van der Waals surface area (Å²) in [4.78, 5) is 10.4. The van der Waals surface area contributed by atoms with Gasteiger partial charge in [0.25, 0.3) is 10.0 Å². The van der Waals surface area contributed by atoms with E-state index in [2.05, 4.69) is 22.4 Å². The summed E-state index contributed by atoms with van der Waals surface area (Å²) < 4.78 is 29.6. The van der Waals surface area contributed by atoms with Gasteiger partial charge in [-0.2, -0.15) is 4.31 Å². The molecule has 0 unspecified atom stereocenters. The third kappa shape index (κ3) is 4.19. The second-order valence-corrected chi connectivity index (χ2v) is 11.4. The average molecular weight is 458 g/mol. The van der Waals surface area contributed by atoms with E-state index in [1.54, 1.807) is 33.5 Å². The molecule has 1 aliphatic carbocycles. The van der Waals surface area contributed by atoms with Crippen molar-refractivity contribution in [2.75, 3.05) is 13.1 Å². The van der Waals surface area contributed by atoms with Gasteiger partial charge in [-0.15, -0.1) is 11.3 Å². The highest BCUT2D eigenvalue weighted by atomic mass is 32.2. The zero-order valence-electron chi connectivity index (χ0n) is 17.6. The van der Waals surface area contributed by atoms with Crippen LogP contribution in [0.15, 0.2) is 47.9 Å². The summed E-state index contributed by atoms with van der Waals surface area (Å²) in [6, 6.07) is 10.2. The van der Waals surface area contributed by atoms with Gasteiger partial charge in [0.1, 0.15) is 5.01 Å². The normalized spacial score (nSPS) is 22.0. The van der Waals surface area contributed by atoms with Crippen molar-refractivity contribution in [3.8, 4) is 0 Å². The smallest absolute Gasteiger partial charge is 0.262 e. The minimum absolute atomic E-state index is 0.0156. The molecule has 2 atom stereocenters. The number of sulfonamides is 1. The van der Waals surface area contributed by atoms with Gasteiger partial charge in [-0.05, 0) is 31.2 Å². The molecule has 0 bridgehead atoms. The fourth-order valence-corrected chi connectivity index (χ4v) is 7.13. The van der Waals surface area contributed by atoms with E-state index in [0.717, 1.165) is 23.4 Å². The molecule has 9 heteroatoms. The molecule has 5 rings (SSSR count). The van der Waals surface area contributed by atoms with Crippen molar-refractivity contribution < 1.29 is 8.42 Å². The quantitative estimate of drug-likeness (QED) is 0.616. The van der Waals surface area contributed by atoms with E-state index in [0.29, 0.717) is 19.6 Å². The number of hydrogen-bond donors (Lipinski definition) is 1. The zero-order chi connectivity index (χ0) is 21.4. The highest BCUT2D eigenvalue weighted by Crippen LogP contribution is 2.32. The number of hydrogen-bond acceptors (Lipinski definition) is 6. The van der Waals surface area contributed by atoms with Crippen LogP contribution in [-0.2, 0) is 36.5 Å². The number of aromatic nitrogens is 3. The van der Waals surface area contributed by atoms with Crippen LogP contribution in [0.25, 0.3) is 0 Å². The number of rotatable bonds is 6. The topological polar surface area (TPSA) is 80.1 Å². The number of imidazole rings is 1. The molecule has 0 amide bonds. The molecular weight excluding hydrogens is 430 g/mol. The summed E-state index contributed by atoms with van der Waals surface area (Å²) >= 11 is 1.80. The van der Waals surface area contributed by atoms with Crippen molar-refractivity contribution in [3.05, 3.63) is 64.0 Å². The summed E-state index contributed by atoms with van der Waals surface area (Å²) in [5.41, 5.74) is 2.41. The summed E-state index contributed by atoms with van der Waals surface area (Å²) in [5.74, 6) is 0.0780. The van der Waals surface area contributed by atoms with Crippen LogP contribution in [0.5, 0.6) is 0 Å². The van der Waals surface area contributed by atoms with E-state index < -0.39 is 10.0 Å². The van der Waals surface area contributed by atoms with Crippen LogP contribution in [-0.4, -0.2) is 46.4 Å². The summed E-state index contributed by atoms with van der Waals surface area (Å²) in [5, 5.41) is 4.84. The molecule has 2 aliphatic rings. The van der Waals surface area contributed by atoms with Gasteiger partial charge in [0.2, 0.25) is 0 Å². The van der Waals surface area contributed by atoms with Crippen molar-refractivity contribution in [2.45, 2.75) is 49.2 Å². The lowest BCUT2D eigenvalue weighted by Gasteiger charge is -2.19. The third-order valence-electron chi connectivity index (χ3n) is 6.20. The first-order valence-electron chi connectivity index (χ1n) is 10.7. The molecule has 3 heterocycles. The molecule has 1 N–H and O–H groups in total. The molecule has 7 nitrogen and oxygen atoms in total. The van der Waals surface area contributed by atoms with Crippen LogP contribution in [0.1, 0.15) is 39.9 Å². The number of benzene rings is 1. The predicted octanol–water partition coefficient (Wildman–Crippen LogP) is 2.70. The van der Waals surface area contributed by atoms with Gasteiger partial charge in [-0.1, -0.05) is 30.3 Å². The third-order valence-corrected chi connectivity index (χ3v) is 9.08. The maximum Gasteiger partial charge on any atom is 0.262 e. The van der Waals surface area contributed by atoms with Crippen molar-refractivity contribution in [2.24, 2.45) is 7.05 Å². The Bertz CT molecular complexity index is 1130. The van der Waals surface area contributed by atoms with Gasteiger partial charge in [0.15, 0.2) is 5.03 Å². The minimum atomic E-state index is -3.63. The Labute approximate surface area is 187 Å². The molecule has 164 valence electrons. The van der Waals surface area contributed by atoms with Crippen molar-refractivity contribution >= 4 is 21.4 Å². The maximum atomic E-state index is 13.2. The van der Waals surface area contributed by atoms with Crippen LogP contribution >= 0.6 is 11.3 Å². The maximum absolute atomic E-state index is 13.2. The second kappa shape index (κ2) is 8.46. The van der Waals surface area contributed by atoms with Crippen LogP contribution in [0.2, 0.25) is 0 Å². The van der Waals surface area contributed by atoms with Gasteiger partial charge >= 0.3 is 0 Å². The van der Waals surface area contributed by atoms with E-state index in [1.165, 1.54) is 29.7 Å². The SMILES string of the molecule is Cn1cnc(S(=O)(=O)N2C[C@H](NCc3nc4c(s3)CCCC4)[C@@H](c3ccccc3)C2)c1. The first-order chi connectivity index (χ1) is 15.0. The van der Waals surface area contributed by atoms with E-state index in [-0.39, 0.29) is 17.0 Å². The number of nitrogens with one attached hydrogen (secondary N) is 1. The van der Waals surface area contributed by atoms with Crippen LogP contribution in [0, 0.1) is 0 Å². The van der Waals surface area contributed by atoms with Crippen molar-refractivity contribution in [3.63, 3.8) is 0 Å². The molecule has 1 saturated heterocycles. The molecule has 0 radical (unpaired) electrons. The van der Waals surface area contributed by atoms with Crippen LogP contribution in [0.3, 0.4) is 0 Å². The fourth-order valence-electron chi connectivity index (χ4n) is 4.56. The van der Waals surface area contributed by atoms with E-state index in [4.69, 9.17) is 4.98 Å². The summed E-state index contributed by atoms with van der Waals surface area (Å²) in [7, 11) is -1.85. The Morgan fingerprint density at radius 1 is 1.16 bits per heavy atom. The number of thiazole rings is 1. The molecular formula is C22H27N5O2S2. The summed E-state index contributed by atoms with van der Waals surface area (Å²) in [6.07, 6.45) is 7.78. The Kier molecular flexibility index (Phi) is 5.68. The number of nitrogens with zero attached hydrogens (tertiary/aromatic N) is 4. The summed E-state index contributed by atoms with van der Waals surface area (Å²) in [6.45, 7) is 1.53. The van der Waals surface area contributed by atoms with Gasteiger partial charge in [0.05, 0.1) is 12.0 Å². The average Bonchev–Trinajstić information content (AvgIpc) is 3.50. The fraction of sp³-hybridized carbons (Fsp3) is 0.455. The molecule has 1 aliphatic heterocycles. The van der Waals surface area contributed by atoms with Crippen molar-refractivity contribution in [1.82, 2.24) is 24.2 Å². The number of fused-ring (bicyclic) bond motifs is 1. The first-order valence-corrected chi connectivity index (χ1v) is 13.0. The molecule has 0 spiro atoms. The molecule has 31 heavy (non-hydrogen) atoms. The highest BCUT2D eigenvalue weighted by molar-refractivity contribution is 7.89. The second-order valence-electron chi connectivity index (χ2n) is 8.39. The van der Waals surface area contributed by atoms with E-state index in [9.17, 15) is 8.42 Å². The molecule has 1 aromatic carbocycles. The molecule has 1 fully saturated rings. The highest BCUT2D eigenvalue weighted by Gasteiger charge is 2.40. The van der Waals surface area contributed by atoms with Crippen LogP contribution in [0.4, 0.5) is 0 Å². The zero-order valence-corrected chi connectivity index (χ0v) is 19.2. The Hall–Kier alpha value is -2.07. The monoisotopic (exact) mass is 457 g/mol. The van der Waals surface area contributed by atoms with Gasteiger partial charge in [0, 0.05) is 49.7 Å². The number of aryl methyl sites for hydroxylation is 3. The minimum Gasteiger partial charge on any atom is -0.339 e. The Morgan fingerprint density at radius 3 is 2.71 bits per heavy atom. The molecule has 0 saturated carbocycles. The Morgan fingerprint density at radius 2 is 1.97 bits per heavy atom. The lowest BCUT2D eigenvalue weighted by atomic mass is 9.94.